The van der Waals surface area contributed by atoms with Crippen molar-refractivity contribution in [2.45, 2.75) is 90.4 Å². The number of guanidine groups is 1. The molecule has 14 heteroatoms. The minimum absolute atomic E-state index is 0.000662. The number of carbonyl (C=O) groups excluding carboxylic acids is 4. The second-order valence-corrected chi connectivity index (χ2v) is 9.84. The van der Waals surface area contributed by atoms with Crippen molar-refractivity contribution in [2.75, 3.05) is 6.54 Å². The van der Waals surface area contributed by atoms with Gasteiger partial charge in [-0.25, -0.2) is 4.79 Å². The SMILES string of the molecule is CC(C)CC(NC(=O)C(CCCN=C(N)N)NC(=O)C(CC(C)C)NC(=O)C(N)CCC(N)=O)C(=O)O. The molecule has 0 aliphatic heterocycles. The molecular formula is C23H44N8O6. The van der Waals surface area contributed by atoms with E-state index in [2.05, 4.69) is 20.9 Å². The number of primary amides is 1. The van der Waals surface area contributed by atoms with Crippen LogP contribution in [0, 0.1) is 11.8 Å². The predicted molar refractivity (Wildman–Crippen MR) is 139 cm³/mol. The molecule has 0 saturated carbocycles. The number of nitrogens with two attached hydrogens (primary N) is 4. The first-order chi connectivity index (χ1) is 17.1. The quantitative estimate of drug-likeness (QED) is 0.0569. The van der Waals surface area contributed by atoms with Gasteiger partial charge in [-0.05, 0) is 43.9 Å². The highest BCUT2D eigenvalue weighted by molar-refractivity contribution is 5.94. The number of amides is 4. The zero-order chi connectivity index (χ0) is 28.7. The summed E-state index contributed by atoms with van der Waals surface area (Å²) in [6, 6.07) is -4.32. The molecule has 37 heavy (non-hydrogen) atoms. The Morgan fingerprint density at radius 2 is 1.24 bits per heavy atom. The Bertz CT molecular complexity index is 813. The van der Waals surface area contributed by atoms with Gasteiger partial charge in [-0.3, -0.25) is 24.2 Å². The summed E-state index contributed by atoms with van der Waals surface area (Å²) in [5, 5.41) is 17.2. The molecule has 0 aliphatic rings. The van der Waals surface area contributed by atoms with Gasteiger partial charge in [0.1, 0.15) is 18.1 Å². The lowest BCUT2D eigenvalue weighted by atomic mass is 10.0. The van der Waals surface area contributed by atoms with E-state index in [9.17, 15) is 29.1 Å². The van der Waals surface area contributed by atoms with E-state index >= 15 is 0 Å². The third-order valence-corrected chi connectivity index (χ3v) is 5.28. The van der Waals surface area contributed by atoms with E-state index in [4.69, 9.17) is 22.9 Å². The molecule has 0 aromatic rings. The average molecular weight is 529 g/mol. The minimum atomic E-state index is -1.19. The largest absolute Gasteiger partial charge is 0.480 e. The van der Waals surface area contributed by atoms with E-state index < -0.39 is 53.8 Å². The number of carbonyl (C=O) groups is 5. The van der Waals surface area contributed by atoms with Crippen molar-refractivity contribution in [3.63, 3.8) is 0 Å². The van der Waals surface area contributed by atoms with Crippen LogP contribution in [0.25, 0.3) is 0 Å². The topological polar surface area (TPSA) is 258 Å². The Hall–Kier alpha value is -3.42. The maximum absolute atomic E-state index is 13.2. The number of rotatable bonds is 18. The molecule has 0 spiro atoms. The van der Waals surface area contributed by atoms with E-state index in [1.165, 1.54) is 0 Å². The van der Waals surface area contributed by atoms with Crippen LogP contribution in [-0.2, 0) is 24.0 Å². The summed E-state index contributed by atoms with van der Waals surface area (Å²) in [6.07, 6.45) is 0.799. The Morgan fingerprint density at radius 1 is 0.757 bits per heavy atom. The minimum Gasteiger partial charge on any atom is -0.480 e. The Balaban J connectivity index is 5.63. The number of hydrogen-bond acceptors (Lipinski definition) is 7. The lowest BCUT2D eigenvalue weighted by molar-refractivity contribution is -0.143. The van der Waals surface area contributed by atoms with E-state index in [1.54, 1.807) is 0 Å². The fourth-order valence-electron chi connectivity index (χ4n) is 3.42. The van der Waals surface area contributed by atoms with Crippen LogP contribution >= 0.6 is 0 Å². The lowest BCUT2D eigenvalue weighted by Crippen LogP contribution is -2.57. The first-order valence-electron chi connectivity index (χ1n) is 12.4. The van der Waals surface area contributed by atoms with Crippen LogP contribution in [0.5, 0.6) is 0 Å². The van der Waals surface area contributed by atoms with Gasteiger partial charge in [0.25, 0.3) is 0 Å². The summed E-state index contributed by atoms with van der Waals surface area (Å²) < 4.78 is 0. The van der Waals surface area contributed by atoms with Crippen molar-refractivity contribution in [3.8, 4) is 0 Å². The monoisotopic (exact) mass is 528 g/mol. The van der Waals surface area contributed by atoms with Gasteiger partial charge in [0, 0.05) is 13.0 Å². The van der Waals surface area contributed by atoms with Gasteiger partial charge >= 0.3 is 5.97 Å². The van der Waals surface area contributed by atoms with Crippen LogP contribution < -0.4 is 38.9 Å². The van der Waals surface area contributed by atoms with Crippen LogP contribution in [0.15, 0.2) is 4.99 Å². The second kappa shape index (κ2) is 17.1. The van der Waals surface area contributed by atoms with Crippen LogP contribution in [0.1, 0.15) is 66.2 Å². The van der Waals surface area contributed by atoms with Gasteiger partial charge in [0.15, 0.2) is 5.96 Å². The van der Waals surface area contributed by atoms with E-state index in [1.807, 2.05) is 27.7 Å². The number of carboxylic acid groups (broad SMARTS) is 1. The van der Waals surface area contributed by atoms with E-state index in [-0.39, 0.29) is 56.4 Å². The molecule has 212 valence electrons. The molecule has 4 atom stereocenters. The molecule has 4 unspecified atom stereocenters. The van der Waals surface area contributed by atoms with Crippen LogP contribution in [0.4, 0.5) is 0 Å². The normalized spacial score (nSPS) is 14.2. The van der Waals surface area contributed by atoms with E-state index in [0.717, 1.165) is 0 Å². The smallest absolute Gasteiger partial charge is 0.326 e. The van der Waals surface area contributed by atoms with Crippen molar-refractivity contribution < 1.29 is 29.1 Å². The molecule has 0 heterocycles. The summed E-state index contributed by atoms with van der Waals surface area (Å²) >= 11 is 0. The van der Waals surface area contributed by atoms with Gasteiger partial charge < -0.3 is 44.0 Å². The number of hydrogen-bond donors (Lipinski definition) is 8. The number of aliphatic carboxylic acids is 1. The van der Waals surface area contributed by atoms with Crippen molar-refractivity contribution in [3.05, 3.63) is 0 Å². The molecule has 0 aromatic carbocycles. The highest BCUT2D eigenvalue weighted by Crippen LogP contribution is 2.10. The summed E-state index contributed by atoms with van der Waals surface area (Å²) in [5.41, 5.74) is 21.6. The number of aliphatic imine (C=N–C) groups is 1. The maximum atomic E-state index is 13.2. The molecule has 12 N–H and O–H groups in total. The van der Waals surface area contributed by atoms with Crippen molar-refractivity contribution >= 4 is 35.6 Å². The fraction of sp³-hybridized carbons (Fsp3) is 0.739. The molecule has 0 bridgehead atoms. The van der Waals surface area contributed by atoms with Crippen molar-refractivity contribution in [1.82, 2.24) is 16.0 Å². The number of nitrogens with zero attached hydrogens (tertiary/aromatic N) is 1. The van der Waals surface area contributed by atoms with Gasteiger partial charge in [-0.1, -0.05) is 27.7 Å². The first-order valence-corrected chi connectivity index (χ1v) is 12.4. The first kappa shape index (κ1) is 33.6. The molecule has 4 amide bonds. The summed E-state index contributed by atoms with van der Waals surface area (Å²) in [4.78, 5) is 65.1. The molecule has 0 aliphatic carbocycles. The van der Waals surface area contributed by atoms with Crippen molar-refractivity contribution in [1.29, 1.82) is 0 Å². The molecular weight excluding hydrogens is 484 g/mol. The fourth-order valence-corrected chi connectivity index (χ4v) is 3.42. The third kappa shape index (κ3) is 15.3. The number of carboxylic acids is 1. The summed E-state index contributed by atoms with van der Waals surface area (Å²) in [5.74, 6) is -3.89. The Kier molecular flexibility index (Phi) is 15.5. The van der Waals surface area contributed by atoms with Crippen molar-refractivity contribution in [2.24, 2.45) is 39.8 Å². The van der Waals surface area contributed by atoms with Crippen LogP contribution in [0.3, 0.4) is 0 Å². The van der Waals surface area contributed by atoms with Gasteiger partial charge in [-0.2, -0.15) is 0 Å². The zero-order valence-electron chi connectivity index (χ0n) is 22.2. The Labute approximate surface area is 217 Å². The Morgan fingerprint density at radius 3 is 1.73 bits per heavy atom. The average Bonchev–Trinajstić information content (AvgIpc) is 2.77. The standard InChI is InChI=1S/C23H44N8O6/c1-12(2)10-16(30-19(33)14(24)7-8-18(25)32)21(35)29-15(6-5-9-28-23(26)27)20(34)31-17(22(36)37)11-13(3)4/h12-17H,5-11,24H2,1-4H3,(H2,25,32)(H,29,35)(H,30,33)(H,31,34)(H,36,37)(H4,26,27,28). The summed E-state index contributed by atoms with van der Waals surface area (Å²) in [7, 11) is 0. The molecule has 0 rings (SSSR count). The number of nitrogens with one attached hydrogen (secondary N) is 3. The third-order valence-electron chi connectivity index (χ3n) is 5.28. The molecule has 0 saturated heterocycles. The van der Waals surface area contributed by atoms with Gasteiger partial charge in [0.05, 0.1) is 6.04 Å². The summed E-state index contributed by atoms with van der Waals surface area (Å²) in [6.45, 7) is 7.54. The highest BCUT2D eigenvalue weighted by atomic mass is 16.4. The highest BCUT2D eigenvalue weighted by Gasteiger charge is 2.30. The molecule has 0 fully saturated rings. The van der Waals surface area contributed by atoms with Gasteiger partial charge in [-0.15, -0.1) is 0 Å². The zero-order valence-corrected chi connectivity index (χ0v) is 22.2. The molecule has 14 nitrogen and oxygen atoms in total. The predicted octanol–water partition coefficient (Wildman–Crippen LogP) is -1.74. The molecule has 0 radical (unpaired) electrons. The van der Waals surface area contributed by atoms with E-state index in [0.29, 0.717) is 6.42 Å². The van der Waals surface area contributed by atoms with Crippen LogP contribution in [0.2, 0.25) is 0 Å². The second-order valence-electron chi connectivity index (χ2n) is 9.84. The molecule has 0 aromatic heterocycles. The van der Waals surface area contributed by atoms with Crippen LogP contribution in [-0.4, -0.2) is 71.4 Å². The maximum Gasteiger partial charge on any atom is 0.326 e. The lowest BCUT2D eigenvalue weighted by Gasteiger charge is -2.26. The van der Waals surface area contributed by atoms with Gasteiger partial charge in [0.2, 0.25) is 23.6 Å².